The van der Waals surface area contributed by atoms with Crippen LogP contribution in [0.4, 0.5) is 4.39 Å². The number of nitrogens with one attached hydrogen (secondary N) is 1. The van der Waals surface area contributed by atoms with Crippen LogP contribution in [0.3, 0.4) is 0 Å². The number of benzene rings is 3. The standard InChI is InChI=1S/C26H25FN4O2S/c1-18(25(32)28-16-19-8-14-23(33-2)15-9-19)34-26-30-29-24(21-10-12-22(27)13-11-21)31(26)17-20-6-4-3-5-7-20/h3-15,18H,16-17H2,1-2H3,(H,28,32). The van der Waals surface area contributed by atoms with Crippen molar-refractivity contribution in [3.63, 3.8) is 0 Å². The molecule has 0 spiro atoms. The Morgan fingerprint density at radius 2 is 1.71 bits per heavy atom. The molecule has 0 saturated heterocycles. The van der Waals surface area contributed by atoms with Gasteiger partial charge < -0.3 is 10.1 Å². The summed E-state index contributed by atoms with van der Waals surface area (Å²) in [6.45, 7) is 2.79. The summed E-state index contributed by atoms with van der Waals surface area (Å²) in [5.41, 5.74) is 2.81. The second-order valence-corrected chi connectivity index (χ2v) is 9.02. The lowest BCUT2D eigenvalue weighted by Gasteiger charge is -2.14. The molecule has 0 saturated carbocycles. The van der Waals surface area contributed by atoms with Gasteiger partial charge in [0.25, 0.3) is 0 Å². The summed E-state index contributed by atoms with van der Waals surface area (Å²) in [4.78, 5) is 12.8. The number of nitrogens with zero attached hydrogens (tertiary/aromatic N) is 3. The Kier molecular flexibility index (Phi) is 7.59. The van der Waals surface area contributed by atoms with E-state index in [0.29, 0.717) is 24.1 Å². The molecule has 0 aliphatic heterocycles. The highest BCUT2D eigenvalue weighted by Gasteiger charge is 2.21. The van der Waals surface area contributed by atoms with Crippen LogP contribution < -0.4 is 10.1 Å². The first-order valence-corrected chi connectivity index (χ1v) is 11.7. The SMILES string of the molecule is COc1ccc(CNC(=O)C(C)Sc2nnc(-c3ccc(F)cc3)n2Cc2ccccc2)cc1. The number of hydrogen-bond acceptors (Lipinski definition) is 5. The average Bonchev–Trinajstić information content (AvgIpc) is 3.25. The van der Waals surface area contributed by atoms with Gasteiger partial charge in [-0.05, 0) is 54.4 Å². The van der Waals surface area contributed by atoms with Gasteiger partial charge in [0, 0.05) is 12.1 Å². The minimum atomic E-state index is -0.391. The normalized spacial score (nSPS) is 11.7. The van der Waals surface area contributed by atoms with Gasteiger partial charge in [-0.3, -0.25) is 9.36 Å². The number of thioether (sulfide) groups is 1. The Balaban J connectivity index is 1.50. The van der Waals surface area contributed by atoms with E-state index in [1.54, 1.807) is 19.2 Å². The molecule has 0 aliphatic rings. The Bertz CT molecular complexity index is 1230. The molecule has 1 heterocycles. The number of hydrogen-bond donors (Lipinski definition) is 1. The summed E-state index contributed by atoms with van der Waals surface area (Å²) < 4.78 is 20.6. The Hall–Kier alpha value is -3.65. The van der Waals surface area contributed by atoms with E-state index in [-0.39, 0.29) is 11.7 Å². The van der Waals surface area contributed by atoms with Crippen LogP contribution >= 0.6 is 11.8 Å². The van der Waals surface area contributed by atoms with E-state index >= 15 is 0 Å². The van der Waals surface area contributed by atoms with Crippen LogP contribution in [-0.2, 0) is 17.9 Å². The van der Waals surface area contributed by atoms with E-state index in [1.807, 2.05) is 66.1 Å². The summed E-state index contributed by atoms with van der Waals surface area (Å²) in [5.74, 6) is 0.985. The van der Waals surface area contributed by atoms with Crippen molar-refractivity contribution in [2.45, 2.75) is 30.4 Å². The summed E-state index contributed by atoms with van der Waals surface area (Å²) in [5, 5.41) is 11.9. The molecule has 3 aromatic carbocycles. The Morgan fingerprint density at radius 1 is 1.00 bits per heavy atom. The molecule has 0 aliphatic carbocycles. The quantitative estimate of drug-likeness (QED) is 0.347. The van der Waals surface area contributed by atoms with Crippen LogP contribution in [0.2, 0.25) is 0 Å². The Morgan fingerprint density at radius 3 is 2.38 bits per heavy atom. The van der Waals surface area contributed by atoms with E-state index in [1.165, 1.54) is 23.9 Å². The third-order valence-electron chi connectivity index (χ3n) is 5.28. The van der Waals surface area contributed by atoms with E-state index in [2.05, 4.69) is 15.5 Å². The maximum absolute atomic E-state index is 13.5. The summed E-state index contributed by atoms with van der Waals surface area (Å²) >= 11 is 1.34. The minimum Gasteiger partial charge on any atom is -0.497 e. The van der Waals surface area contributed by atoms with Gasteiger partial charge in [-0.25, -0.2) is 4.39 Å². The average molecular weight is 477 g/mol. The molecule has 1 atom stereocenters. The van der Waals surface area contributed by atoms with E-state index < -0.39 is 5.25 Å². The highest BCUT2D eigenvalue weighted by atomic mass is 32.2. The molecule has 1 aromatic heterocycles. The molecule has 4 rings (SSSR count). The number of carbonyl (C=O) groups excluding carboxylic acids is 1. The van der Waals surface area contributed by atoms with Gasteiger partial charge in [0.05, 0.1) is 18.9 Å². The highest BCUT2D eigenvalue weighted by Crippen LogP contribution is 2.28. The molecule has 34 heavy (non-hydrogen) atoms. The number of aromatic nitrogens is 3. The van der Waals surface area contributed by atoms with Crippen molar-refractivity contribution in [1.82, 2.24) is 20.1 Å². The number of carbonyl (C=O) groups is 1. The molecule has 1 unspecified atom stereocenters. The summed E-state index contributed by atoms with van der Waals surface area (Å²) in [6.07, 6.45) is 0. The predicted octanol–water partition coefficient (Wildman–Crippen LogP) is 4.94. The van der Waals surface area contributed by atoms with Crippen LogP contribution in [0.15, 0.2) is 84.0 Å². The van der Waals surface area contributed by atoms with Crippen molar-refractivity contribution in [1.29, 1.82) is 0 Å². The van der Waals surface area contributed by atoms with E-state index in [4.69, 9.17) is 4.74 Å². The van der Waals surface area contributed by atoms with Crippen LogP contribution in [0, 0.1) is 5.82 Å². The lowest BCUT2D eigenvalue weighted by molar-refractivity contribution is -0.120. The zero-order chi connectivity index (χ0) is 23.9. The minimum absolute atomic E-state index is 0.0987. The number of halogens is 1. The number of rotatable bonds is 9. The molecule has 0 radical (unpaired) electrons. The molecule has 174 valence electrons. The van der Waals surface area contributed by atoms with Crippen molar-refractivity contribution in [3.05, 3.63) is 95.8 Å². The molecule has 0 bridgehead atoms. The lowest BCUT2D eigenvalue weighted by atomic mass is 10.2. The molecule has 4 aromatic rings. The zero-order valence-corrected chi connectivity index (χ0v) is 19.8. The van der Waals surface area contributed by atoms with Crippen LogP contribution in [0.5, 0.6) is 5.75 Å². The fourth-order valence-electron chi connectivity index (χ4n) is 3.38. The second kappa shape index (κ2) is 11.0. The van der Waals surface area contributed by atoms with Crippen LogP contribution in [0.1, 0.15) is 18.1 Å². The largest absolute Gasteiger partial charge is 0.497 e. The summed E-state index contributed by atoms with van der Waals surface area (Å²) in [6, 6.07) is 23.7. The van der Waals surface area contributed by atoms with Gasteiger partial charge in [0.1, 0.15) is 11.6 Å². The molecular formula is C26H25FN4O2S. The first kappa shape index (κ1) is 23.5. The number of methoxy groups -OCH3 is 1. The maximum atomic E-state index is 13.5. The van der Waals surface area contributed by atoms with Crippen molar-refractivity contribution >= 4 is 17.7 Å². The third kappa shape index (κ3) is 5.82. The zero-order valence-electron chi connectivity index (χ0n) is 18.9. The lowest BCUT2D eigenvalue weighted by Crippen LogP contribution is -2.30. The molecule has 6 nitrogen and oxygen atoms in total. The topological polar surface area (TPSA) is 69.0 Å². The van der Waals surface area contributed by atoms with Crippen molar-refractivity contribution in [2.24, 2.45) is 0 Å². The molecule has 1 N–H and O–H groups in total. The smallest absolute Gasteiger partial charge is 0.233 e. The molecule has 8 heteroatoms. The van der Waals surface area contributed by atoms with Gasteiger partial charge in [-0.1, -0.05) is 54.2 Å². The Labute approximate surface area is 202 Å². The molecule has 1 amide bonds. The van der Waals surface area contributed by atoms with E-state index in [9.17, 15) is 9.18 Å². The van der Waals surface area contributed by atoms with Gasteiger partial charge >= 0.3 is 0 Å². The maximum Gasteiger partial charge on any atom is 0.233 e. The molecular weight excluding hydrogens is 451 g/mol. The fraction of sp³-hybridized carbons (Fsp3) is 0.192. The van der Waals surface area contributed by atoms with Crippen molar-refractivity contribution in [3.8, 4) is 17.1 Å². The van der Waals surface area contributed by atoms with Crippen molar-refractivity contribution in [2.75, 3.05) is 7.11 Å². The van der Waals surface area contributed by atoms with Crippen molar-refractivity contribution < 1.29 is 13.9 Å². The predicted molar refractivity (Wildman–Crippen MR) is 131 cm³/mol. The number of ether oxygens (including phenoxy) is 1. The fourth-order valence-corrected chi connectivity index (χ4v) is 4.26. The first-order chi connectivity index (χ1) is 16.5. The number of amides is 1. The second-order valence-electron chi connectivity index (χ2n) is 7.71. The van der Waals surface area contributed by atoms with Gasteiger partial charge in [0.2, 0.25) is 5.91 Å². The first-order valence-electron chi connectivity index (χ1n) is 10.8. The monoisotopic (exact) mass is 476 g/mol. The van der Waals surface area contributed by atoms with Crippen LogP contribution in [-0.4, -0.2) is 33.0 Å². The van der Waals surface area contributed by atoms with Gasteiger partial charge in [-0.15, -0.1) is 10.2 Å². The molecule has 0 fully saturated rings. The third-order valence-corrected chi connectivity index (χ3v) is 6.36. The van der Waals surface area contributed by atoms with Gasteiger partial charge in [-0.2, -0.15) is 0 Å². The van der Waals surface area contributed by atoms with E-state index in [0.717, 1.165) is 22.4 Å². The summed E-state index contributed by atoms with van der Waals surface area (Å²) in [7, 11) is 1.62. The highest BCUT2D eigenvalue weighted by molar-refractivity contribution is 8.00. The van der Waals surface area contributed by atoms with Crippen LogP contribution in [0.25, 0.3) is 11.4 Å². The van der Waals surface area contributed by atoms with Gasteiger partial charge in [0.15, 0.2) is 11.0 Å².